The Kier molecular flexibility index (Phi) is 5.41. The van der Waals surface area contributed by atoms with Gasteiger partial charge in [-0.1, -0.05) is 40.0 Å². The Bertz CT molecular complexity index is 754. The fourth-order valence-corrected chi connectivity index (χ4v) is 5.91. The summed E-state index contributed by atoms with van der Waals surface area (Å²) in [7, 11) is 0. The molecule has 0 spiro atoms. The highest BCUT2D eigenvalue weighted by Crippen LogP contribution is 2.64. The summed E-state index contributed by atoms with van der Waals surface area (Å²) in [5, 5.41) is 21.8. The number of phenols is 2. The van der Waals surface area contributed by atoms with Gasteiger partial charge in [0.05, 0.1) is 13.2 Å². The first-order valence-electron chi connectivity index (χ1n) is 11.2. The van der Waals surface area contributed by atoms with Gasteiger partial charge in [-0.25, -0.2) is 0 Å². The monoisotopic (exact) mass is 402 g/mol. The van der Waals surface area contributed by atoms with Crippen LogP contribution in [-0.2, 0) is 20.1 Å². The minimum absolute atomic E-state index is 0.0472. The number of carbonyl (C=O) groups is 1. The number of carbonyl (C=O) groups excluding carboxylic acids is 1. The average molecular weight is 403 g/mol. The molecule has 2 bridgehead atoms. The van der Waals surface area contributed by atoms with Crippen molar-refractivity contribution in [1.29, 1.82) is 0 Å². The molecule has 3 aliphatic carbocycles. The zero-order chi connectivity index (χ0) is 20.8. The van der Waals surface area contributed by atoms with Gasteiger partial charge in [0.2, 0.25) is 0 Å². The van der Waals surface area contributed by atoms with E-state index in [1.807, 2.05) is 0 Å². The Morgan fingerprint density at radius 1 is 1.07 bits per heavy atom. The summed E-state index contributed by atoms with van der Waals surface area (Å²) in [6.45, 7) is 7.44. The number of fused-ring (bicyclic) bond motifs is 2. The van der Waals surface area contributed by atoms with Crippen molar-refractivity contribution in [3.8, 4) is 11.5 Å². The van der Waals surface area contributed by atoms with E-state index in [0.29, 0.717) is 43.1 Å². The highest BCUT2D eigenvalue weighted by atomic mass is 16.7. The molecule has 160 valence electrons. The standard InChI is InChI=1S/C24H34O5/c1-4-5-6-7-8-24(28-9-10-29-24)15-11-20(26)22(21(27)12-15)16-13-19(25)18-14-17(16)23(18,2)3/h11-12,16-18,26-27H,4-10,13-14H2,1-3H3/t16-,17?,18?/m1/s1. The van der Waals surface area contributed by atoms with Gasteiger partial charge in [0, 0.05) is 35.8 Å². The van der Waals surface area contributed by atoms with E-state index in [-0.39, 0.29) is 34.5 Å². The predicted molar refractivity (Wildman–Crippen MR) is 110 cm³/mol. The maximum atomic E-state index is 12.5. The smallest absolute Gasteiger partial charge is 0.195 e. The second kappa shape index (κ2) is 7.59. The molecule has 1 aliphatic heterocycles. The quantitative estimate of drug-likeness (QED) is 0.629. The molecule has 2 N–H and O–H groups in total. The molecule has 5 heteroatoms. The van der Waals surface area contributed by atoms with Crippen LogP contribution in [0.3, 0.4) is 0 Å². The SMILES string of the molecule is CCCCCCC1(c2cc(O)c([C@@H]3CC(=O)C4CC3C4(C)C)c(O)c2)OCCO1. The summed E-state index contributed by atoms with van der Waals surface area (Å²) in [4.78, 5) is 12.5. The molecule has 29 heavy (non-hydrogen) atoms. The van der Waals surface area contributed by atoms with Gasteiger partial charge in [0.1, 0.15) is 17.3 Å². The van der Waals surface area contributed by atoms with Gasteiger partial charge in [0.25, 0.3) is 0 Å². The van der Waals surface area contributed by atoms with E-state index in [1.165, 1.54) is 6.42 Å². The number of aromatic hydroxyl groups is 2. The van der Waals surface area contributed by atoms with Crippen LogP contribution in [0.4, 0.5) is 0 Å². The maximum absolute atomic E-state index is 12.5. The van der Waals surface area contributed by atoms with E-state index >= 15 is 0 Å². The molecule has 1 aromatic rings. The fraction of sp³-hybridized carbons (Fsp3) is 0.708. The highest BCUT2D eigenvalue weighted by molar-refractivity contribution is 5.86. The maximum Gasteiger partial charge on any atom is 0.195 e. The number of phenolic OH excluding ortho intramolecular Hbond substituents is 2. The Morgan fingerprint density at radius 3 is 2.28 bits per heavy atom. The second-order valence-corrected chi connectivity index (χ2v) is 9.68. The number of ether oxygens (including phenoxy) is 2. The lowest BCUT2D eigenvalue weighted by molar-refractivity contribution is -0.172. The Balaban J connectivity index is 1.62. The Labute approximate surface area is 173 Å². The summed E-state index contributed by atoms with van der Waals surface area (Å²) in [5.41, 5.74) is 1.10. The molecule has 0 amide bonds. The first-order chi connectivity index (χ1) is 13.8. The van der Waals surface area contributed by atoms with Crippen molar-refractivity contribution in [2.75, 3.05) is 13.2 Å². The molecular weight excluding hydrogens is 368 g/mol. The van der Waals surface area contributed by atoms with Crippen molar-refractivity contribution in [3.05, 3.63) is 23.3 Å². The van der Waals surface area contributed by atoms with Crippen molar-refractivity contribution in [2.45, 2.75) is 77.4 Å². The lowest BCUT2D eigenvalue weighted by Crippen LogP contribution is -2.56. The summed E-state index contributed by atoms with van der Waals surface area (Å²) in [6, 6.07) is 3.37. The van der Waals surface area contributed by atoms with E-state index in [1.54, 1.807) is 12.1 Å². The lowest BCUT2D eigenvalue weighted by atomic mass is 9.44. The molecule has 5 nitrogen and oxygen atoms in total. The van der Waals surface area contributed by atoms with Crippen LogP contribution in [0.5, 0.6) is 11.5 Å². The third-order valence-electron chi connectivity index (χ3n) is 7.70. The van der Waals surface area contributed by atoms with Crippen molar-refractivity contribution < 1.29 is 24.5 Å². The molecule has 1 aromatic carbocycles. The van der Waals surface area contributed by atoms with Crippen LogP contribution in [0.15, 0.2) is 12.1 Å². The van der Waals surface area contributed by atoms with Crippen LogP contribution in [0.2, 0.25) is 0 Å². The van der Waals surface area contributed by atoms with Gasteiger partial charge in [-0.2, -0.15) is 0 Å². The van der Waals surface area contributed by atoms with Gasteiger partial charge in [-0.3, -0.25) is 4.79 Å². The summed E-state index contributed by atoms with van der Waals surface area (Å²) in [5.74, 6) is -0.266. The molecule has 1 heterocycles. The van der Waals surface area contributed by atoms with E-state index in [2.05, 4.69) is 20.8 Å². The molecular formula is C24H34O5. The molecule has 4 fully saturated rings. The average Bonchev–Trinajstić information content (AvgIpc) is 3.14. The van der Waals surface area contributed by atoms with Crippen LogP contribution in [0, 0.1) is 17.3 Å². The van der Waals surface area contributed by atoms with Crippen molar-refractivity contribution in [1.82, 2.24) is 0 Å². The normalized spacial score (nSPS) is 29.6. The topological polar surface area (TPSA) is 76.0 Å². The molecule has 1 saturated heterocycles. The van der Waals surface area contributed by atoms with Gasteiger partial charge in [-0.15, -0.1) is 0 Å². The van der Waals surface area contributed by atoms with Crippen molar-refractivity contribution in [3.63, 3.8) is 0 Å². The second-order valence-electron chi connectivity index (χ2n) is 9.68. The van der Waals surface area contributed by atoms with E-state index < -0.39 is 5.79 Å². The van der Waals surface area contributed by atoms with E-state index in [4.69, 9.17) is 9.47 Å². The first-order valence-corrected chi connectivity index (χ1v) is 11.2. The van der Waals surface area contributed by atoms with Crippen molar-refractivity contribution >= 4 is 5.78 Å². The van der Waals surface area contributed by atoms with Gasteiger partial charge in [-0.05, 0) is 36.3 Å². The van der Waals surface area contributed by atoms with Crippen LogP contribution >= 0.6 is 0 Å². The number of Topliss-reactive ketones (excluding diaryl/α,β-unsaturated/α-hetero) is 1. The van der Waals surface area contributed by atoms with Crippen LogP contribution in [-0.4, -0.2) is 29.2 Å². The predicted octanol–water partition coefficient (Wildman–Crippen LogP) is 4.99. The largest absolute Gasteiger partial charge is 0.508 e. The summed E-state index contributed by atoms with van der Waals surface area (Å²) < 4.78 is 12.0. The molecule has 0 aromatic heterocycles. The summed E-state index contributed by atoms with van der Waals surface area (Å²) in [6.07, 6.45) is 6.33. The van der Waals surface area contributed by atoms with E-state index in [0.717, 1.165) is 25.7 Å². The molecule has 5 rings (SSSR count). The number of unbranched alkanes of at least 4 members (excludes halogenated alkanes) is 3. The number of rotatable bonds is 7. The highest BCUT2D eigenvalue weighted by Gasteiger charge is 2.59. The van der Waals surface area contributed by atoms with Gasteiger partial charge in [0.15, 0.2) is 5.79 Å². The Morgan fingerprint density at radius 2 is 1.72 bits per heavy atom. The zero-order valence-electron chi connectivity index (χ0n) is 17.9. The van der Waals surface area contributed by atoms with E-state index in [9.17, 15) is 15.0 Å². The summed E-state index contributed by atoms with van der Waals surface area (Å²) >= 11 is 0. The number of benzene rings is 1. The molecule has 3 atom stereocenters. The first kappa shape index (κ1) is 20.7. The third kappa shape index (κ3) is 3.36. The van der Waals surface area contributed by atoms with Crippen LogP contribution in [0.1, 0.15) is 82.8 Å². The van der Waals surface area contributed by atoms with Crippen LogP contribution in [0.25, 0.3) is 0 Å². The van der Waals surface area contributed by atoms with Gasteiger partial charge < -0.3 is 19.7 Å². The van der Waals surface area contributed by atoms with Crippen LogP contribution < -0.4 is 0 Å². The lowest BCUT2D eigenvalue weighted by Gasteiger charge is -2.59. The van der Waals surface area contributed by atoms with Gasteiger partial charge >= 0.3 is 0 Å². The molecule has 2 unspecified atom stereocenters. The minimum Gasteiger partial charge on any atom is -0.508 e. The zero-order valence-corrected chi connectivity index (χ0v) is 17.9. The van der Waals surface area contributed by atoms with Crippen molar-refractivity contribution in [2.24, 2.45) is 17.3 Å². The fourth-order valence-electron chi connectivity index (χ4n) is 5.91. The molecule has 0 radical (unpaired) electrons. The minimum atomic E-state index is -0.898. The molecule has 3 saturated carbocycles. The number of hydrogen-bond donors (Lipinski definition) is 2. The third-order valence-corrected chi connectivity index (χ3v) is 7.70. The number of ketones is 1. The Hall–Kier alpha value is -1.59. The molecule has 4 aliphatic rings. The number of hydrogen-bond acceptors (Lipinski definition) is 5.